The lowest BCUT2D eigenvalue weighted by atomic mass is 9.96. The Kier molecular flexibility index (Phi) is 1.49. The first kappa shape index (κ1) is 7.27. The lowest BCUT2D eigenvalue weighted by molar-refractivity contribution is 0.731. The highest BCUT2D eigenvalue weighted by Crippen LogP contribution is 2.31. The Labute approximate surface area is 77.7 Å². The second-order valence-corrected chi connectivity index (χ2v) is 3.39. The smallest absolute Gasteiger partial charge is 0.0678 e. The summed E-state index contributed by atoms with van der Waals surface area (Å²) in [4.78, 5) is 4.58. The maximum absolute atomic E-state index is 4.58. The Balaban J connectivity index is 2.10. The van der Waals surface area contributed by atoms with E-state index in [1.807, 2.05) is 12.2 Å². The first-order valence-electron chi connectivity index (χ1n) is 4.61. The largest absolute Gasteiger partial charge is 0.312 e. The van der Waals surface area contributed by atoms with Gasteiger partial charge in [0.2, 0.25) is 0 Å². The van der Waals surface area contributed by atoms with Crippen molar-refractivity contribution in [3.63, 3.8) is 0 Å². The van der Waals surface area contributed by atoms with Crippen molar-refractivity contribution in [3.05, 3.63) is 41.5 Å². The highest BCUT2D eigenvalue weighted by Gasteiger charge is 2.25. The van der Waals surface area contributed by atoms with Gasteiger partial charge in [-0.15, -0.1) is 0 Å². The normalized spacial score (nSPS) is 25.2. The molecule has 1 saturated heterocycles. The number of hydrogen-bond acceptors (Lipinski definition) is 2. The van der Waals surface area contributed by atoms with Gasteiger partial charge in [0.05, 0.1) is 5.70 Å². The van der Waals surface area contributed by atoms with Crippen LogP contribution in [0.25, 0.3) is 0 Å². The maximum atomic E-state index is 4.58. The number of allylic oxidation sites excluding steroid dienone is 4. The van der Waals surface area contributed by atoms with Gasteiger partial charge in [0.15, 0.2) is 0 Å². The van der Waals surface area contributed by atoms with Gasteiger partial charge < -0.3 is 5.32 Å². The van der Waals surface area contributed by atoms with Gasteiger partial charge in [-0.2, -0.15) is 0 Å². The van der Waals surface area contributed by atoms with E-state index in [0.29, 0.717) is 0 Å². The van der Waals surface area contributed by atoms with Crippen LogP contribution in [0, 0.1) is 6.42 Å². The number of aliphatic imine (C=N–C) groups is 1. The van der Waals surface area contributed by atoms with Crippen molar-refractivity contribution in [3.8, 4) is 0 Å². The molecular formula is C11H10N2. The Morgan fingerprint density at radius 1 is 1.46 bits per heavy atom. The molecule has 1 N–H and O–H groups in total. The van der Waals surface area contributed by atoms with E-state index in [0.717, 1.165) is 25.2 Å². The van der Waals surface area contributed by atoms with E-state index < -0.39 is 0 Å². The molecule has 2 heterocycles. The van der Waals surface area contributed by atoms with Crippen LogP contribution in [0.3, 0.4) is 0 Å². The Morgan fingerprint density at radius 2 is 2.46 bits per heavy atom. The summed E-state index contributed by atoms with van der Waals surface area (Å²) >= 11 is 0. The van der Waals surface area contributed by atoms with Crippen molar-refractivity contribution in [1.29, 1.82) is 0 Å². The molecule has 13 heavy (non-hydrogen) atoms. The fourth-order valence-corrected chi connectivity index (χ4v) is 1.94. The van der Waals surface area contributed by atoms with Crippen LogP contribution in [-0.2, 0) is 0 Å². The standard InChI is InChI=1S/C11H10N2/c1-2-4-10-8(3-1)9-7-12-6-5-11(9)13-10/h1-2,4,12H,5-7H2. The highest BCUT2D eigenvalue weighted by molar-refractivity contribution is 6.06. The van der Waals surface area contributed by atoms with E-state index >= 15 is 0 Å². The van der Waals surface area contributed by atoms with Crippen LogP contribution < -0.4 is 5.32 Å². The molecule has 2 nitrogen and oxygen atoms in total. The van der Waals surface area contributed by atoms with E-state index in [-0.39, 0.29) is 0 Å². The molecule has 0 amide bonds. The molecule has 1 aliphatic carbocycles. The average Bonchev–Trinajstić information content (AvgIpc) is 2.56. The molecule has 3 rings (SSSR count). The van der Waals surface area contributed by atoms with E-state index in [1.54, 1.807) is 0 Å². The average molecular weight is 170 g/mol. The lowest BCUT2D eigenvalue weighted by Gasteiger charge is -2.15. The summed E-state index contributed by atoms with van der Waals surface area (Å²) in [7, 11) is 0. The van der Waals surface area contributed by atoms with Crippen LogP contribution in [0.5, 0.6) is 0 Å². The molecule has 0 bridgehead atoms. The summed E-state index contributed by atoms with van der Waals surface area (Å²) in [5.74, 6) is 0. The third-order valence-corrected chi connectivity index (χ3v) is 2.58. The Hall–Kier alpha value is -1.15. The monoisotopic (exact) mass is 170 g/mol. The van der Waals surface area contributed by atoms with Crippen molar-refractivity contribution in [1.82, 2.24) is 5.32 Å². The van der Waals surface area contributed by atoms with Gasteiger partial charge in [0.1, 0.15) is 0 Å². The topological polar surface area (TPSA) is 24.4 Å². The van der Waals surface area contributed by atoms with E-state index in [1.165, 1.54) is 16.9 Å². The molecule has 0 saturated carbocycles. The van der Waals surface area contributed by atoms with Crippen molar-refractivity contribution in [2.75, 3.05) is 13.1 Å². The highest BCUT2D eigenvalue weighted by atomic mass is 14.9. The SMILES string of the molecule is [C]1C=CC=C2N=C3CCNCC3=C12. The van der Waals surface area contributed by atoms with Crippen LogP contribution in [0.2, 0.25) is 0 Å². The quantitative estimate of drug-likeness (QED) is 0.581. The molecule has 0 aromatic carbocycles. The number of hydrogen-bond donors (Lipinski definition) is 1. The summed E-state index contributed by atoms with van der Waals surface area (Å²) in [5, 5.41) is 3.36. The van der Waals surface area contributed by atoms with Crippen LogP contribution in [0.1, 0.15) is 6.42 Å². The second-order valence-electron chi connectivity index (χ2n) is 3.39. The molecule has 2 aliphatic heterocycles. The van der Waals surface area contributed by atoms with Gasteiger partial charge in [-0.05, 0) is 17.2 Å². The maximum Gasteiger partial charge on any atom is 0.0678 e. The third-order valence-electron chi connectivity index (χ3n) is 2.58. The molecule has 1 fully saturated rings. The number of nitrogens with one attached hydrogen (secondary N) is 1. The molecule has 2 radical (unpaired) electrons. The van der Waals surface area contributed by atoms with Crippen LogP contribution >= 0.6 is 0 Å². The summed E-state index contributed by atoms with van der Waals surface area (Å²) in [6, 6.07) is 0. The summed E-state index contributed by atoms with van der Waals surface area (Å²) in [6.45, 7) is 2.00. The van der Waals surface area contributed by atoms with Gasteiger partial charge in [0, 0.05) is 31.6 Å². The minimum Gasteiger partial charge on any atom is -0.312 e. The fraction of sp³-hybridized carbons (Fsp3) is 0.273. The van der Waals surface area contributed by atoms with Crippen molar-refractivity contribution in [2.24, 2.45) is 4.99 Å². The predicted octanol–water partition coefficient (Wildman–Crippen LogP) is 1.27. The van der Waals surface area contributed by atoms with Crippen LogP contribution in [0.4, 0.5) is 0 Å². The molecule has 64 valence electrons. The van der Waals surface area contributed by atoms with Crippen LogP contribution in [-0.4, -0.2) is 18.8 Å². The molecule has 0 aromatic heterocycles. The van der Waals surface area contributed by atoms with E-state index in [4.69, 9.17) is 0 Å². The molecule has 3 aliphatic rings. The van der Waals surface area contributed by atoms with E-state index in [2.05, 4.69) is 22.8 Å². The molecular weight excluding hydrogens is 160 g/mol. The first-order chi connectivity index (χ1) is 6.45. The van der Waals surface area contributed by atoms with Gasteiger partial charge in [-0.25, -0.2) is 0 Å². The fourth-order valence-electron chi connectivity index (χ4n) is 1.94. The third kappa shape index (κ3) is 1.02. The Morgan fingerprint density at radius 3 is 3.46 bits per heavy atom. The summed E-state index contributed by atoms with van der Waals surface area (Å²) in [6.07, 6.45) is 10.3. The van der Waals surface area contributed by atoms with Crippen molar-refractivity contribution < 1.29 is 0 Å². The van der Waals surface area contributed by atoms with Crippen molar-refractivity contribution in [2.45, 2.75) is 6.42 Å². The van der Waals surface area contributed by atoms with Gasteiger partial charge in [-0.3, -0.25) is 4.99 Å². The van der Waals surface area contributed by atoms with E-state index in [9.17, 15) is 0 Å². The molecule has 0 spiro atoms. The Bertz CT molecular complexity index is 370. The summed E-state index contributed by atoms with van der Waals surface area (Å²) < 4.78 is 0. The minimum absolute atomic E-state index is 0.951. The minimum atomic E-state index is 0.951. The molecule has 0 aromatic rings. The molecule has 0 atom stereocenters. The zero-order chi connectivity index (χ0) is 8.67. The number of piperidine rings is 1. The molecule has 0 unspecified atom stereocenters. The first-order valence-corrected chi connectivity index (χ1v) is 4.61. The lowest BCUT2D eigenvalue weighted by Crippen LogP contribution is -2.29. The predicted molar refractivity (Wildman–Crippen MR) is 52.4 cm³/mol. The number of rotatable bonds is 0. The van der Waals surface area contributed by atoms with Crippen molar-refractivity contribution >= 4 is 5.71 Å². The second kappa shape index (κ2) is 2.67. The zero-order valence-corrected chi connectivity index (χ0v) is 7.30. The number of nitrogens with zero attached hydrogens (tertiary/aromatic N) is 1. The van der Waals surface area contributed by atoms with Gasteiger partial charge in [-0.1, -0.05) is 12.2 Å². The van der Waals surface area contributed by atoms with Gasteiger partial charge >= 0.3 is 0 Å². The number of fused-ring (bicyclic) bond motifs is 2. The van der Waals surface area contributed by atoms with Crippen LogP contribution in [0.15, 0.2) is 40.1 Å². The van der Waals surface area contributed by atoms with Gasteiger partial charge in [0.25, 0.3) is 0 Å². The zero-order valence-electron chi connectivity index (χ0n) is 7.30. The molecule has 2 heteroatoms. The summed E-state index contributed by atoms with van der Waals surface area (Å²) in [5.41, 5.74) is 4.90.